The quantitative estimate of drug-likeness (QED) is 0.345. The molecule has 1 rings (SSSR count). The van der Waals surface area contributed by atoms with Crippen LogP contribution in [0.1, 0.15) is 89.8 Å². The molecule has 3 nitrogen and oxygen atoms in total. The van der Waals surface area contributed by atoms with Gasteiger partial charge < -0.3 is 9.84 Å². The van der Waals surface area contributed by atoms with Crippen molar-refractivity contribution in [3.8, 4) is 5.75 Å². The highest BCUT2D eigenvalue weighted by Gasteiger charge is 2.18. The lowest BCUT2D eigenvalue weighted by atomic mass is 9.88. The Hall–Kier alpha value is -2.29. The Morgan fingerprint density at radius 1 is 1.14 bits per heavy atom. The molecule has 0 heterocycles. The number of carbonyl (C=O) groups is 1. The highest BCUT2D eigenvalue weighted by molar-refractivity contribution is 5.81. The van der Waals surface area contributed by atoms with Gasteiger partial charge in [-0.25, -0.2) is 4.79 Å². The average molecular weight is 385 g/mol. The minimum Gasteiger partial charge on any atom is -0.493 e. The Kier molecular flexibility index (Phi) is 9.78. The summed E-state index contributed by atoms with van der Waals surface area (Å²) in [7, 11) is 0. The zero-order valence-corrected chi connectivity index (χ0v) is 18.5. The van der Waals surface area contributed by atoms with E-state index < -0.39 is 5.97 Å². The van der Waals surface area contributed by atoms with Crippen molar-refractivity contribution < 1.29 is 14.6 Å². The maximum absolute atomic E-state index is 10.8. The SMILES string of the molecule is CCCOc1c(\C(=C/C=C/C(C)=C/C(=O)O)CC)cc(C(C)C)cc1C(C)C. The predicted octanol–water partition coefficient (Wildman–Crippen LogP) is 7.10. The number of aliphatic carboxylic acids is 1. The van der Waals surface area contributed by atoms with Crippen molar-refractivity contribution >= 4 is 11.5 Å². The van der Waals surface area contributed by atoms with Gasteiger partial charge in [0.25, 0.3) is 0 Å². The maximum atomic E-state index is 10.8. The summed E-state index contributed by atoms with van der Waals surface area (Å²) >= 11 is 0. The molecule has 3 heteroatoms. The van der Waals surface area contributed by atoms with Crippen LogP contribution in [0.3, 0.4) is 0 Å². The monoisotopic (exact) mass is 384 g/mol. The molecule has 1 aromatic rings. The molecule has 0 bridgehead atoms. The van der Waals surface area contributed by atoms with Crippen molar-refractivity contribution in [2.24, 2.45) is 0 Å². The van der Waals surface area contributed by atoms with Crippen molar-refractivity contribution in [3.63, 3.8) is 0 Å². The molecule has 0 fully saturated rings. The molecule has 28 heavy (non-hydrogen) atoms. The van der Waals surface area contributed by atoms with Gasteiger partial charge in [-0.3, -0.25) is 0 Å². The smallest absolute Gasteiger partial charge is 0.328 e. The number of carboxylic acids is 1. The summed E-state index contributed by atoms with van der Waals surface area (Å²) in [6.07, 6.45) is 8.87. The van der Waals surface area contributed by atoms with Crippen LogP contribution >= 0.6 is 0 Å². The third-order valence-electron chi connectivity index (χ3n) is 4.61. The van der Waals surface area contributed by atoms with Gasteiger partial charge in [-0.1, -0.05) is 65.8 Å². The lowest BCUT2D eigenvalue weighted by Crippen LogP contribution is -2.06. The second kappa shape index (κ2) is 11.5. The van der Waals surface area contributed by atoms with E-state index in [9.17, 15) is 4.79 Å². The van der Waals surface area contributed by atoms with E-state index in [2.05, 4.69) is 59.8 Å². The average Bonchev–Trinajstić information content (AvgIpc) is 2.62. The number of benzene rings is 1. The first-order valence-electron chi connectivity index (χ1n) is 10.3. The van der Waals surface area contributed by atoms with Gasteiger partial charge in [0.2, 0.25) is 0 Å². The molecule has 0 atom stereocenters. The molecule has 0 aromatic heterocycles. The fourth-order valence-electron chi connectivity index (χ4n) is 3.00. The molecular weight excluding hydrogens is 348 g/mol. The molecule has 0 saturated heterocycles. The van der Waals surface area contributed by atoms with E-state index in [1.165, 1.54) is 22.8 Å². The summed E-state index contributed by atoms with van der Waals surface area (Å²) in [6.45, 7) is 15.6. The standard InChI is InChI=1S/C25H36O3/c1-8-13-28-25-22(18(5)6)15-21(17(3)4)16-23(25)20(9-2)12-10-11-19(7)14-24(26)27/h10-12,14-18H,8-9,13H2,1-7H3,(H,26,27)/b11-10+,19-14+,20-12-. The second-order valence-electron chi connectivity index (χ2n) is 7.78. The Balaban J connectivity index is 3.52. The molecule has 154 valence electrons. The van der Waals surface area contributed by atoms with E-state index >= 15 is 0 Å². The van der Waals surface area contributed by atoms with Gasteiger partial charge in [-0.05, 0) is 59.9 Å². The molecule has 1 N–H and O–H groups in total. The Morgan fingerprint density at radius 2 is 1.82 bits per heavy atom. The third-order valence-corrected chi connectivity index (χ3v) is 4.61. The first-order chi connectivity index (χ1) is 13.2. The van der Waals surface area contributed by atoms with Crippen LogP contribution in [0, 0.1) is 0 Å². The molecule has 0 radical (unpaired) electrons. The molecule has 0 aliphatic carbocycles. The highest BCUT2D eigenvalue weighted by atomic mass is 16.5. The van der Waals surface area contributed by atoms with E-state index in [-0.39, 0.29) is 0 Å². The Morgan fingerprint density at radius 3 is 2.32 bits per heavy atom. The zero-order valence-electron chi connectivity index (χ0n) is 18.5. The number of rotatable bonds is 10. The number of carboxylic acid groups (broad SMARTS) is 1. The van der Waals surface area contributed by atoms with Gasteiger partial charge in [0, 0.05) is 11.6 Å². The van der Waals surface area contributed by atoms with E-state index in [4.69, 9.17) is 9.84 Å². The molecule has 0 amide bonds. The summed E-state index contributed by atoms with van der Waals surface area (Å²) in [5, 5.41) is 8.86. The molecule has 0 unspecified atom stereocenters. The van der Waals surface area contributed by atoms with Crippen molar-refractivity contribution in [1.82, 2.24) is 0 Å². The van der Waals surface area contributed by atoms with Crippen molar-refractivity contribution in [2.75, 3.05) is 6.61 Å². The summed E-state index contributed by atoms with van der Waals surface area (Å²) in [5.74, 6) is 0.869. The van der Waals surface area contributed by atoms with Crippen LogP contribution in [0.4, 0.5) is 0 Å². The zero-order chi connectivity index (χ0) is 21.3. The minimum atomic E-state index is -0.927. The number of allylic oxidation sites excluding steroid dienone is 5. The highest BCUT2D eigenvalue weighted by Crippen LogP contribution is 2.38. The van der Waals surface area contributed by atoms with Gasteiger partial charge in [0.1, 0.15) is 5.75 Å². The number of ether oxygens (including phenoxy) is 1. The molecule has 0 aliphatic rings. The van der Waals surface area contributed by atoms with Gasteiger partial charge in [-0.2, -0.15) is 0 Å². The third kappa shape index (κ3) is 7.03. The Labute approximate surface area is 170 Å². The largest absolute Gasteiger partial charge is 0.493 e. The van der Waals surface area contributed by atoms with Crippen LogP contribution in [0.25, 0.3) is 5.57 Å². The first kappa shape index (κ1) is 23.7. The summed E-state index contributed by atoms with van der Waals surface area (Å²) in [5.41, 5.74) is 5.61. The van der Waals surface area contributed by atoms with Crippen molar-refractivity contribution in [1.29, 1.82) is 0 Å². The summed E-state index contributed by atoms with van der Waals surface area (Å²) in [4.78, 5) is 10.8. The van der Waals surface area contributed by atoms with Crippen molar-refractivity contribution in [2.45, 2.75) is 73.1 Å². The minimum absolute atomic E-state index is 0.374. The van der Waals surface area contributed by atoms with Gasteiger partial charge in [0.15, 0.2) is 0 Å². The maximum Gasteiger partial charge on any atom is 0.328 e. The lowest BCUT2D eigenvalue weighted by Gasteiger charge is -2.22. The van der Waals surface area contributed by atoms with Crippen LogP contribution in [0.2, 0.25) is 0 Å². The van der Waals surface area contributed by atoms with E-state index in [1.54, 1.807) is 6.92 Å². The summed E-state index contributed by atoms with van der Waals surface area (Å²) in [6, 6.07) is 4.54. The van der Waals surface area contributed by atoms with Crippen LogP contribution in [-0.4, -0.2) is 17.7 Å². The van der Waals surface area contributed by atoms with Crippen LogP contribution in [0.15, 0.2) is 42.0 Å². The number of hydrogen-bond acceptors (Lipinski definition) is 2. The lowest BCUT2D eigenvalue weighted by molar-refractivity contribution is -0.131. The fourth-order valence-corrected chi connectivity index (χ4v) is 3.00. The van der Waals surface area contributed by atoms with Gasteiger partial charge in [0.05, 0.1) is 6.61 Å². The second-order valence-corrected chi connectivity index (χ2v) is 7.78. The normalized spacial score (nSPS) is 13.0. The first-order valence-corrected chi connectivity index (χ1v) is 10.3. The summed E-state index contributed by atoms with van der Waals surface area (Å²) < 4.78 is 6.22. The van der Waals surface area contributed by atoms with Gasteiger partial charge >= 0.3 is 5.97 Å². The molecule has 0 saturated carbocycles. The Bertz CT molecular complexity index is 749. The number of hydrogen-bond donors (Lipinski definition) is 1. The molecule has 0 aliphatic heterocycles. The van der Waals surface area contributed by atoms with E-state index in [0.717, 1.165) is 24.2 Å². The van der Waals surface area contributed by atoms with Gasteiger partial charge in [-0.15, -0.1) is 0 Å². The fraction of sp³-hybridized carbons (Fsp3) is 0.480. The van der Waals surface area contributed by atoms with Crippen LogP contribution in [0.5, 0.6) is 5.75 Å². The molecule has 0 spiro atoms. The molecule has 1 aromatic carbocycles. The van der Waals surface area contributed by atoms with Crippen molar-refractivity contribution in [3.05, 3.63) is 58.7 Å². The topological polar surface area (TPSA) is 46.5 Å². The molecular formula is C25H36O3. The van der Waals surface area contributed by atoms with Crippen LogP contribution < -0.4 is 4.74 Å². The van der Waals surface area contributed by atoms with Crippen LogP contribution in [-0.2, 0) is 4.79 Å². The van der Waals surface area contributed by atoms with E-state index in [0.29, 0.717) is 24.0 Å². The van der Waals surface area contributed by atoms with E-state index in [1.807, 2.05) is 12.2 Å². The predicted molar refractivity (Wildman–Crippen MR) is 119 cm³/mol.